The maximum absolute atomic E-state index is 11.7. The summed E-state index contributed by atoms with van der Waals surface area (Å²) in [5.41, 5.74) is 5.45. The van der Waals surface area contributed by atoms with Crippen molar-refractivity contribution in [1.82, 2.24) is 5.32 Å². The summed E-state index contributed by atoms with van der Waals surface area (Å²) in [6.07, 6.45) is 0. The topological polar surface area (TPSA) is 99.9 Å². The van der Waals surface area contributed by atoms with Crippen molar-refractivity contribution < 1.29 is 22.6 Å². The molecule has 0 amide bonds. The highest BCUT2D eigenvalue weighted by atomic mass is 32.2. The Labute approximate surface area is 128 Å². The lowest BCUT2D eigenvalue weighted by molar-refractivity contribution is 0.0284. The van der Waals surface area contributed by atoms with Crippen LogP contribution in [0.5, 0.6) is 0 Å². The molecular formula is C13H30N2O5S. The molecule has 0 radical (unpaired) electrons. The van der Waals surface area contributed by atoms with E-state index in [9.17, 15) is 8.42 Å². The second-order valence-electron chi connectivity index (χ2n) is 5.53. The Morgan fingerprint density at radius 3 is 2.14 bits per heavy atom. The van der Waals surface area contributed by atoms with Gasteiger partial charge in [-0.3, -0.25) is 0 Å². The van der Waals surface area contributed by atoms with E-state index in [0.29, 0.717) is 39.5 Å². The van der Waals surface area contributed by atoms with Crippen LogP contribution in [-0.2, 0) is 24.0 Å². The Morgan fingerprint density at radius 1 is 1.00 bits per heavy atom. The van der Waals surface area contributed by atoms with Gasteiger partial charge in [-0.25, -0.2) is 8.42 Å². The van der Waals surface area contributed by atoms with Gasteiger partial charge >= 0.3 is 0 Å². The summed E-state index contributed by atoms with van der Waals surface area (Å²) < 4.78 is 38.7. The molecule has 0 rings (SSSR count). The third kappa shape index (κ3) is 16.0. The number of methoxy groups -OCH3 is 1. The highest BCUT2D eigenvalue weighted by Gasteiger charge is 2.13. The standard InChI is InChI=1S/C13H30N2O5S/c1-13(2,14)12-15-4-10-21(16,17)11-9-20-8-7-19-6-5-18-3/h15H,4-12,14H2,1-3H3. The molecule has 0 bridgehead atoms. The molecule has 7 nitrogen and oxygen atoms in total. The second-order valence-corrected chi connectivity index (χ2v) is 7.84. The van der Waals surface area contributed by atoms with Crippen LogP contribution in [0.1, 0.15) is 13.8 Å². The third-order valence-corrected chi connectivity index (χ3v) is 4.13. The number of nitrogens with one attached hydrogen (secondary N) is 1. The minimum absolute atomic E-state index is 0.0266. The van der Waals surface area contributed by atoms with E-state index in [0.717, 1.165) is 0 Å². The molecule has 21 heavy (non-hydrogen) atoms. The second kappa shape index (κ2) is 11.3. The van der Waals surface area contributed by atoms with Gasteiger partial charge < -0.3 is 25.3 Å². The van der Waals surface area contributed by atoms with E-state index in [2.05, 4.69) is 5.32 Å². The fraction of sp³-hybridized carbons (Fsp3) is 1.00. The first-order valence-electron chi connectivity index (χ1n) is 7.11. The number of nitrogens with two attached hydrogens (primary N) is 1. The van der Waals surface area contributed by atoms with Gasteiger partial charge in [0.2, 0.25) is 0 Å². The van der Waals surface area contributed by atoms with E-state index in [1.165, 1.54) is 0 Å². The fourth-order valence-electron chi connectivity index (χ4n) is 1.39. The van der Waals surface area contributed by atoms with E-state index in [-0.39, 0.29) is 23.7 Å². The maximum Gasteiger partial charge on any atom is 0.153 e. The number of hydrogen-bond acceptors (Lipinski definition) is 7. The average molecular weight is 326 g/mol. The molecule has 0 saturated heterocycles. The first kappa shape index (κ1) is 20.8. The fourth-order valence-corrected chi connectivity index (χ4v) is 2.42. The third-order valence-electron chi connectivity index (χ3n) is 2.51. The van der Waals surface area contributed by atoms with Crippen LogP contribution in [0.2, 0.25) is 0 Å². The summed E-state index contributed by atoms with van der Waals surface area (Å²) in [4.78, 5) is 0. The quantitative estimate of drug-likeness (QED) is 0.411. The molecule has 0 aromatic heterocycles. The van der Waals surface area contributed by atoms with E-state index >= 15 is 0 Å². The average Bonchev–Trinajstić information content (AvgIpc) is 2.37. The molecule has 0 fully saturated rings. The van der Waals surface area contributed by atoms with Crippen molar-refractivity contribution >= 4 is 9.84 Å². The van der Waals surface area contributed by atoms with E-state index < -0.39 is 9.84 Å². The lowest BCUT2D eigenvalue weighted by atomic mass is 10.1. The Balaban J connectivity index is 3.51. The molecule has 0 aromatic rings. The van der Waals surface area contributed by atoms with Crippen LogP contribution in [0.3, 0.4) is 0 Å². The van der Waals surface area contributed by atoms with Gasteiger partial charge in [-0.05, 0) is 13.8 Å². The molecule has 0 aromatic carbocycles. The van der Waals surface area contributed by atoms with Gasteiger partial charge in [0.15, 0.2) is 9.84 Å². The number of rotatable bonds is 14. The normalized spacial score (nSPS) is 12.8. The van der Waals surface area contributed by atoms with Crippen molar-refractivity contribution in [2.75, 3.05) is 64.7 Å². The number of sulfone groups is 1. The highest BCUT2D eigenvalue weighted by Crippen LogP contribution is 1.94. The molecule has 0 aliphatic carbocycles. The largest absolute Gasteiger partial charge is 0.382 e. The minimum atomic E-state index is -3.09. The van der Waals surface area contributed by atoms with Crippen molar-refractivity contribution in [3.8, 4) is 0 Å². The van der Waals surface area contributed by atoms with Crippen LogP contribution in [0.4, 0.5) is 0 Å². The van der Waals surface area contributed by atoms with Crippen LogP contribution in [0, 0.1) is 0 Å². The molecule has 0 spiro atoms. The zero-order chi connectivity index (χ0) is 16.2. The van der Waals surface area contributed by atoms with Gasteiger partial charge in [-0.15, -0.1) is 0 Å². The highest BCUT2D eigenvalue weighted by molar-refractivity contribution is 7.91. The summed E-state index contributed by atoms with van der Waals surface area (Å²) in [6.45, 7) is 6.84. The zero-order valence-corrected chi connectivity index (χ0v) is 14.2. The predicted octanol–water partition coefficient (Wildman–Crippen LogP) is -0.592. The SMILES string of the molecule is COCCOCCOCCS(=O)(=O)CCNCC(C)(C)N. The van der Waals surface area contributed by atoms with Crippen LogP contribution in [0.15, 0.2) is 0 Å². The smallest absolute Gasteiger partial charge is 0.153 e. The molecule has 3 N–H and O–H groups in total. The maximum atomic E-state index is 11.7. The lowest BCUT2D eigenvalue weighted by Gasteiger charge is -2.18. The summed E-state index contributed by atoms with van der Waals surface area (Å²) >= 11 is 0. The van der Waals surface area contributed by atoms with E-state index in [1.807, 2.05) is 13.8 Å². The molecule has 0 saturated carbocycles. The van der Waals surface area contributed by atoms with Gasteiger partial charge in [0.1, 0.15) is 0 Å². The monoisotopic (exact) mass is 326 g/mol. The molecule has 0 unspecified atom stereocenters. The minimum Gasteiger partial charge on any atom is -0.382 e. The van der Waals surface area contributed by atoms with Crippen molar-refractivity contribution in [1.29, 1.82) is 0 Å². The summed E-state index contributed by atoms with van der Waals surface area (Å²) in [5, 5.41) is 3.03. The van der Waals surface area contributed by atoms with Gasteiger partial charge in [0, 0.05) is 25.7 Å². The van der Waals surface area contributed by atoms with Crippen molar-refractivity contribution in [3.05, 3.63) is 0 Å². The molecule has 0 aliphatic rings. The van der Waals surface area contributed by atoms with Crippen LogP contribution >= 0.6 is 0 Å². The van der Waals surface area contributed by atoms with Crippen molar-refractivity contribution in [2.45, 2.75) is 19.4 Å². The molecular weight excluding hydrogens is 296 g/mol. The molecule has 128 valence electrons. The Bertz CT molecular complexity index is 341. The summed E-state index contributed by atoms with van der Waals surface area (Å²) in [5.74, 6) is 0.121. The summed E-state index contributed by atoms with van der Waals surface area (Å²) in [7, 11) is -1.48. The predicted molar refractivity (Wildman–Crippen MR) is 83.3 cm³/mol. The van der Waals surface area contributed by atoms with E-state index in [1.54, 1.807) is 7.11 Å². The lowest BCUT2D eigenvalue weighted by Crippen LogP contribution is -2.44. The van der Waals surface area contributed by atoms with Gasteiger partial charge in [0.25, 0.3) is 0 Å². The Morgan fingerprint density at radius 2 is 1.57 bits per heavy atom. The number of hydrogen-bond donors (Lipinski definition) is 2. The number of ether oxygens (including phenoxy) is 3. The Kier molecular flexibility index (Phi) is 11.2. The van der Waals surface area contributed by atoms with Crippen molar-refractivity contribution in [2.24, 2.45) is 5.73 Å². The molecule has 0 heterocycles. The molecule has 8 heteroatoms. The van der Waals surface area contributed by atoms with Crippen LogP contribution in [0.25, 0.3) is 0 Å². The van der Waals surface area contributed by atoms with Gasteiger partial charge in [0.05, 0.1) is 44.5 Å². The first-order chi connectivity index (χ1) is 9.77. The molecule has 0 aliphatic heterocycles. The van der Waals surface area contributed by atoms with Gasteiger partial charge in [-0.1, -0.05) is 0 Å². The summed E-state index contributed by atoms with van der Waals surface area (Å²) in [6, 6.07) is 0. The van der Waals surface area contributed by atoms with Gasteiger partial charge in [-0.2, -0.15) is 0 Å². The van der Waals surface area contributed by atoms with Crippen LogP contribution in [-0.4, -0.2) is 78.7 Å². The molecule has 0 atom stereocenters. The van der Waals surface area contributed by atoms with Crippen LogP contribution < -0.4 is 11.1 Å². The van der Waals surface area contributed by atoms with E-state index in [4.69, 9.17) is 19.9 Å². The van der Waals surface area contributed by atoms with Crippen molar-refractivity contribution in [3.63, 3.8) is 0 Å². The first-order valence-corrected chi connectivity index (χ1v) is 8.93. The zero-order valence-electron chi connectivity index (χ0n) is 13.4. The Hall–Kier alpha value is -0.250.